The molecule has 0 atom stereocenters. The zero-order valence-electron chi connectivity index (χ0n) is 9.84. The first-order valence-electron chi connectivity index (χ1n) is 5.83. The lowest BCUT2D eigenvalue weighted by Gasteiger charge is -2.05. The Balaban J connectivity index is 2.37. The van der Waals surface area contributed by atoms with Crippen molar-refractivity contribution in [2.24, 2.45) is 0 Å². The number of rotatable bonds is 4. The Morgan fingerprint density at radius 3 is 2.35 bits per heavy atom. The van der Waals surface area contributed by atoms with Crippen molar-refractivity contribution in [2.45, 2.75) is 6.42 Å². The molecule has 2 aromatic rings. The molecule has 0 aliphatic heterocycles. The van der Waals surface area contributed by atoms with Gasteiger partial charge >= 0.3 is 0 Å². The van der Waals surface area contributed by atoms with E-state index >= 15 is 0 Å². The van der Waals surface area contributed by atoms with Crippen LogP contribution >= 0.6 is 0 Å². The molecule has 84 valence electrons. The molecule has 2 aromatic carbocycles. The summed E-state index contributed by atoms with van der Waals surface area (Å²) in [4.78, 5) is 0. The molecule has 2 rings (SSSR count). The van der Waals surface area contributed by atoms with Crippen molar-refractivity contribution in [1.82, 2.24) is 0 Å². The van der Waals surface area contributed by atoms with Gasteiger partial charge in [-0.05, 0) is 23.1 Å². The summed E-state index contributed by atoms with van der Waals surface area (Å²) in [6.07, 6.45) is 7.10. The van der Waals surface area contributed by atoms with Crippen molar-refractivity contribution < 1.29 is 0 Å². The van der Waals surface area contributed by atoms with Gasteiger partial charge in [-0.15, -0.1) is 6.58 Å². The summed E-state index contributed by atoms with van der Waals surface area (Å²) in [6.45, 7) is 3.72. The van der Waals surface area contributed by atoms with Crippen molar-refractivity contribution in [3.8, 4) is 11.1 Å². The fraction of sp³-hybridized carbons (Fsp3) is 0.0588. The molecule has 0 saturated heterocycles. The molecule has 0 N–H and O–H groups in total. The van der Waals surface area contributed by atoms with E-state index in [1.807, 2.05) is 12.1 Å². The maximum atomic E-state index is 3.72. The molecule has 0 aliphatic rings. The van der Waals surface area contributed by atoms with Gasteiger partial charge in [0.05, 0.1) is 0 Å². The van der Waals surface area contributed by atoms with Crippen molar-refractivity contribution >= 4 is 6.08 Å². The first kappa shape index (κ1) is 11.4. The van der Waals surface area contributed by atoms with E-state index in [0.717, 1.165) is 6.42 Å². The number of hydrogen-bond acceptors (Lipinski definition) is 0. The number of hydrogen-bond donors (Lipinski definition) is 0. The van der Waals surface area contributed by atoms with Crippen LogP contribution in [-0.2, 0) is 0 Å². The highest BCUT2D eigenvalue weighted by molar-refractivity contribution is 5.75. The lowest BCUT2D eigenvalue weighted by atomic mass is 9.99. The average molecular weight is 220 g/mol. The second-order valence-electron chi connectivity index (χ2n) is 3.88. The predicted molar refractivity (Wildman–Crippen MR) is 75.7 cm³/mol. The third kappa shape index (κ3) is 2.94. The standard InChI is InChI=1S/C17H16/c1-2-3-5-10-15-13-8-9-14-17(15)16-11-6-4-7-12-16/h2,4-14H,1,3H2. The molecule has 0 radical (unpaired) electrons. The zero-order valence-corrected chi connectivity index (χ0v) is 9.84. The molecule has 0 heterocycles. The lowest BCUT2D eigenvalue weighted by Crippen LogP contribution is -1.81. The van der Waals surface area contributed by atoms with Gasteiger partial charge in [0.2, 0.25) is 0 Å². The number of allylic oxidation sites excluding steroid dienone is 2. The third-order valence-electron chi connectivity index (χ3n) is 2.65. The first-order valence-corrected chi connectivity index (χ1v) is 5.83. The van der Waals surface area contributed by atoms with Crippen LogP contribution in [0.15, 0.2) is 73.3 Å². The molecule has 0 nitrogen and oxygen atoms in total. The highest BCUT2D eigenvalue weighted by Crippen LogP contribution is 2.24. The Morgan fingerprint density at radius 2 is 1.59 bits per heavy atom. The Bertz CT molecular complexity index is 507. The Labute approximate surface area is 103 Å². The largest absolute Gasteiger partial charge is 0.103 e. The van der Waals surface area contributed by atoms with E-state index < -0.39 is 0 Å². The molecular weight excluding hydrogens is 204 g/mol. The maximum Gasteiger partial charge on any atom is -0.0112 e. The second kappa shape index (κ2) is 5.86. The van der Waals surface area contributed by atoms with Crippen LogP contribution in [0.25, 0.3) is 17.2 Å². The van der Waals surface area contributed by atoms with Crippen LogP contribution < -0.4 is 0 Å². The summed E-state index contributed by atoms with van der Waals surface area (Å²) in [5, 5.41) is 0. The maximum absolute atomic E-state index is 3.72. The van der Waals surface area contributed by atoms with Crippen LogP contribution in [0, 0.1) is 0 Å². The summed E-state index contributed by atoms with van der Waals surface area (Å²) in [7, 11) is 0. The minimum atomic E-state index is 0.906. The summed E-state index contributed by atoms with van der Waals surface area (Å²) in [5.74, 6) is 0. The topological polar surface area (TPSA) is 0 Å². The third-order valence-corrected chi connectivity index (χ3v) is 2.65. The SMILES string of the molecule is C=CCC=Cc1ccccc1-c1ccccc1. The summed E-state index contributed by atoms with van der Waals surface area (Å²) < 4.78 is 0. The highest BCUT2D eigenvalue weighted by Gasteiger charge is 2.00. The molecule has 0 fully saturated rings. The van der Waals surface area contributed by atoms with Crippen LogP contribution in [0.4, 0.5) is 0 Å². The van der Waals surface area contributed by atoms with Crippen LogP contribution in [0.2, 0.25) is 0 Å². The fourth-order valence-electron chi connectivity index (χ4n) is 1.81. The van der Waals surface area contributed by atoms with Crippen molar-refractivity contribution in [1.29, 1.82) is 0 Å². The smallest absolute Gasteiger partial charge is 0.0112 e. The first-order chi connectivity index (χ1) is 8.42. The Morgan fingerprint density at radius 1 is 0.882 bits per heavy atom. The van der Waals surface area contributed by atoms with Crippen LogP contribution in [0.1, 0.15) is 12.0 Å². The van der Waals surface area contributed by atoms with E-state index in [1.54, 1.807) is 0 Å². The van der Waals surface area contributed by atoms with Gasteiger partial charge in [0, 0.05) is 0 Å². The second-order valence-corrected chi connectivity index (χ2v) is 3.88. The van der Waals surface area contributed by atoms with E-state index in [-0.39, 0.29) is 0 Å². The van der Waals surface area contributed by atoms with E-state index in [1.165, 1.54) is 16.7 Å². The van der Waals surface area contributed by atoms with E-state index in [0.29, 0.717) is 0 Å². The number of benzene rings is 2. The molecular formula is C17H16. The van der Waals surface area contributed by atoms with Gasteiger partial charge in [-0.2, -0.15) is 0 Å². The highest BCUT2D eigenvalue weighted by atomic mass is 14.0. The van der Waals surface area contributed by atoms with E-state index in [2.05, 4.69) is 67.3 Å². The quantitative estimate of drug-likeness (QED) is 0.640. The summed E-state index contributed by atoms with van der Waals surface area (Å²) in [6, 6.07) is 18.9. The van der Waals surface area contributed by atoms with Crippen molar-refractivity contribution in [2.75, 3.05) is 0 Å². The monoisotopic (exact) mass is 220 g/mol. The van der Waals surface area contributed by atoms with Crippen molar-refractivity contribution in [3.63, 3.8) is 0 Å². The van der Waals surface area contributed by atoms with E-state index in [4.69, 9.17) is 0 Å². The minimum absolute atomic E-state index is 0.906. The van der Waals surface area contributed by atoms with Crippen molar-refractivity contribution in [3.05, 3.63) is 78.9 Å². The predicted octanol–water partition coefficient (Wildman–Crippen LogP) is 4.94. The summed E-state index contributed by atoms with van der Waals surface area (Å²) in [5.41, 5.74) is 3.78. The van der Waals surface area contributed by atoms with Gasteiger partial charge in [0.1, 0.15) is 0 Å². The van der Waals surface area contributed by atoms with Gasteiger partial charge in [-0.1, -0.05) is 72.8 Å². The van der Waals surface area contributed by atoms with Gasteiger partial charge in [-0.3, -0.25) is 0 Å². The molecule has 0 aromatic heterocycles. The van der Waals surface area contributed by atoms with E-state index in [9.17, 15) is 0 Å². The molecule has 0 bridgehead atoms. The molecule has 0 heteroatoms. The molecule has 0 amide bonds. The normalized spacial score (nSPS) is 10.6. The van der Waals surface area contributed by atoms with Gasteiger partial charge in [0.25, 0.3) is 0 Å². The molecule has 0 saturated carbocycles. The Kier molecular flexibility index (Phi) is 3.93. The van der Waals surface area contributed by atoms with Crippen LogP contribution in [0.3, 0.4) is 0 Å². The van der Waals surface area contributed by atoms with Gasteiger partial charge in [-0.25, -0.2) is 0 Å². The van der Waals surface area contributed by atoms with Crippen LogP contribution in [-0.4, -0.2) is 0 Å². The lowest BCUT2D eigenvalue weighted by molar-refractivity contribution is 1.42. The van der Waals surface area contributed by atoms with Gasteiger partial charge in [0.15, 0.2) is 0 Å². The summed E-state index contributed by atoms with van der Waals surface area (Å²) >= 11 is 0. The Hall–Kier alpha value is -2.08. The molecule has 0 unspecified atom stereocenters. The molecule has 17 heavy (non-hydrogen) atoms. The molecule has 0 aliphatic carbocycles. The average Bonchev–Trinajstić information content (AvgIpc) is 2.41. The van der Waals surface area contributed by atoms with Crippen LogP contribution in [0.5, 0.6) is 0 Å². The van der Waals surface area contributed by atoms with Gasteiger partial charge < -0.3 is 0 Å². The zero-order chi connectivity index (χ0) is 11.9. The minimum Gasteiger partial charge on any atom is -0.103 e. The molecule has 0 spiro atoms. The fourth-order valence-corrected chi connectivity index (χ4v) is 1.81.